The van der Waals surface area contributed by atoms with Gasteiger partial charge in [-0.2, -0.15) is 0 Å². The zero-order valence-corrected chi connectivity index (χ0v) is 14.8. The fraction of sp³-hybridized carbons (Fsp3) is 0.111. The van der Waals surface area contributed by atoms with E-state index in [1.807, 2.05) is 41.8 Å². The van der Waals surface area contributed by atoms with Crippen LogP contribution >= 0.6 is 22.9 Å². The number of rotatable bonds is 6. The Bertz CT molecular complexity index is 863. The van der Waals surface area contributed by atoms with Crippen molar-refractivity contribution in [3.05, 3.63) is 58.9 Å². The number of hydrogen-bond acceptors (Lipinski definition) is 5. The van der Waals surface area contributed by atoms with Crippen molar-refractivity contribution in [1.82, 2.24) is 4.98 Å². The van der Waals surface area contributed by atoms with Crippen molar-refractivity contribution < 1.29 is 14.6 Å². The van der Waals surface area contributed by atoms with Gasteiger partial charge in [0.05, 0.1) is 5.69 Å². The Labute approximate surface area is 153 Å². The lowest BCUT2D eigenvalue weighted by Crippen LogP contribution is -2.22. The van der Waals surface area contributed by atoms with E-state index in [-0.39, 0.29) is 0 Å². The van der Waals surface area contributed by atoms with Crippen molar-refractivity contribution in [1.29, 1.82) is 0 Å². The van der Waals surface area contributed by atoms with Crippen LogP contribution in [0.5, 0.6) is 5.75 Å². The summed E-state index contributed by atoms with van der Waals surface area (Å²) in [5.41, 5.74) is 2.67. The van der Waals surface area contributed by atoms with E-state index in [1.54, 1.807) is 12.1 Å². The van der Waals surface area contributed by atoms with Gasteiger partial charge in [0.2, 0.25) is 0 Å². The molecule has 0 bridgehead atoms. The molecule has 7 heteroatoms. The fourth-order valence-electron chi connectivity index (χ4n) is 2.08. The molecule has 0 fully saturated rings. The number of hydrogen-bond donors (Lipinski definition) is 2. The quantitative estimate of drug-likeness (QED) is 0.631. The van der Waals surface area contributed by atoms with E-state index in [1.165, 1.54) is 18.3 Å². The molecule has 3 rings (SSSR count). The van der Waals surface area contributed by atoms with E-state index in [0.29, 0.717) is 10.8 Å². The number of aliphatic carboxylic acids is 1. The van der Waals surface area contributed by atoms with Gasteiger partial charge in [-0.05, 0) is 55.5 Å². The zero-order chi connectivity index (χ0) is 17.8. The molecule has 0 aliphatic rings. The summed E-state index contributed by atoms with van der Waals surface area (Å²) >= 11 is 7.37. The van der Waals surface area contributed by atoms with Crippen molar-refractivity contribution in [2.75, 3.05) is 5.32 Å². The van der Waals surface area contributed by atoms with Gasteiger partial charge in [0.1, 0.15) is 5.75 Å². The molecule has 1 heterocycles. The number of thiazole rings is 1. The molecule has 2 aromatic carbocycles. The molecule has 1 atom stereocenters. The van der Waals surface area contributed by atoms with Crippen molar-refractivity contribution in [3.63, 3.8) is 0 Å². The first-order valence-electron chi connectivity index (χ1n) is 7.49. The van der Waals surface area contributed by atoms with Crippen LogP contribution in [0.1, 0.15) is 6.92 Å². The lowest BCUT2D eigenvalue weighted by atomic mass is 10.2. The maximum atomic E-state index is 10.8. The lowest BCUT2D eigenvalue weighted by Gasteiger charge is -2.10. The Kier molecular flexibility index (Phi) is 5.21. The van der Waals surface area contributed by atoms with Gasteiger partial charge in [-0.15, -0.1) is 11.3 Å². The summed E-state index contributed by atoms with van der Waals surface area (Å²) < 4.78 is 5.32. The van der Waals surface area contributed by atoms with E-state index in [2.05, 4.69) is 10.3 Å². The van der Waals surface area contributed by atoms with Crippen LogP contribution in [-0.2, 0) is 4.79 Å². The van der Waals surface area contributed by atoms with E-state index >= 15 is 0 Å². The van der Waals surface area contributed by atoms with Crippen LogP contribution in [0.25, 0.3) is 11.3 Å². The van der Waals surface area contributed by atoms with Crippen LogP contribution in [0.4, 0.5) is 10.8 Å². The van der Waals surface area contributed by atoms with E-state index in [0.717, 1.165) is 22.1 Å². The minimum Gasteiger partial charge on any atom is -0.479 e. The number of carbonyl (C=O) groups is 1. The molecule has 0 spiro atoms. The Morgan fingerprint density at radius 2 is 1.88 bits per heavy atom. The van der Waals surface area contributed by atoms with Crippen LogP contribution in [0, 0.1) is 0 Å². The van der Waals surface area contributed by atoms with Crippen LogP contribution < -0.4 is 10.1 Å². The van der Waals surface area contributed by atoms with E-state index < -0.39 is 12.1 Å². The van der Waals surface area contributed by atoms with Crippen molar-refractivity contribution in [3.8, 4) is 17.0 Å². The predicted octanol–water partition coefficient (Wildman–Crippen LogP) is 5.06. The Morgan fingerprint density at radius 3 is 2.52 bits per heavy atom. The molecule has 0 saturated heterocycles. The summed E-state index contributed by atoms with van der Waals surface area (Å²) in [4.78, 5) is 15.4. The highest BCUT2D eigenvalue weighted by molar-refractivity contribution is 7.14. The summed E-state index contributed by atoms with van der Waals surface area (Å²) in [5, 5.41) is 15.5. The van der Waals surface area contributed by atoms with Crippen LogP contribution in [-0.4, -0.2) is 22.2 Å². The highest BCUT2D eigenvalue weighted by Gasteiger charge is 2.12. The fourth-order valence-corrected chi connectivity index (χ4v) is 2.95. The Hall–Kier alpha value is -2.57. The minimum atomic E-state index is -0.999. The monoisotopic (exact) mass is 374 g/mol. The number of nitrogens with zero attached hydrogens (tertiary/aromatic N) is 1. The second-order valence-electron chi connectivity index (χ2n) is 5.29. The predicted molar refractivity (Wildman–Crippen MR) is 100 cm³/mol. The van der Waals surface area contributed by atoms with Gasteiger partial charge in [0.25, 0.3) is 0 Å². The Balaban J connectivity index is 1.69. The molecule has 0 amide bonds. The van der Waals surface area contributed by atoms with Crippen LogP contribution in [0.15, 0.2) is 53.9 Å². The van der Waals surface area contributed by atoms with Gasteiger partial charge < -0.3 is 15.2 Å². The molecule has 0 unspecified atom stereocenters. The standard InChI is InChI=1S/C18H15ClN2O3S/c1-11(17(22)23)24-15-8-2-12(3-9-15)16-10-25-18(21-16)20-14-6-4-13(19)5-7-14/h2-11H,1H3,(H,20,21)(H,22,23)/t11-/m1/s1. The molecular formula is C18H15ClN2O3S. The third-order valence-electron chi connectivity index (χ3n) is 3.41. The average molecular weight is 375 g/mol. The SMILES string of the molecule is C[C@@H](Oc1ccc(-c2csc(Nc3ccc(Cl)cc3)n2)cc1)C(=O)O. The first kappa shape index (κ1) is 17.3. The highest BCUT2D eigenvalue weighted by Crippen LogP contribution is 2.28. The third kappa shape index (κ3) is 4.49. The van der Waals surface area contributed by atoms with Crippen LogP contribution in [0.3, 0.4) is 0 Å². The molecule has 3 aromatic rings. The first-order chi connectivity index (χ1) is 12.0. The molecular weight excluding hydrogens is 360 g/mol. The van der Waals surface area contributed by atoms with Gasteiger partial charge in [-0.1, -0.05) is 11.6 Å². The number of aromatic nitrogens is 1. The van der Waals surface area contributed by atoms with Gasteiger partial charge in [-0.3, -0.25) is 0 Å². The molecule has 0 radical (unpaired) electrons. The normalized spacial score (nSPS) is 11.8. The smallest absolute Gasteiger partial charge is 0.344 e. The number of nitrogens with one attached hydrogen (secondary N) is 1. The van der Waals surface area contributed by atoms with Gasteiger partial charge >= 0.3 is 5.97 Å². The summed E-state index contributed by atoms with van der Waals surface area (Å²) in [6.45, 7) is 1.49. The summed E-state index contributed by atoms with van der Waals surface area (Å²) in [5.74, 6) is -0.491. The highest BCUT2D eigenvalue weighted by atomic mass is 35.5. The molecule has 5 nitrogen and oxygen atoms in total. The molecule has 25 heavy (non-hydrogen) atoms. The number of benzene rings is 2. The number of halogens is 1. The molecule has 0 aliphatic heterocycles. The van der Waals surface area contributed by atoms with Crippen molar-refractivity contribution >= 4 is 39.7 Å². The number of carboxylic acid groups (broad SMARTS) is 1. The summed E-state index contributed by atoms with van der Waals surface area (Å²) in [7, 11) is 0. The molecule has 2 N–H and O–H groups in total. The summed E-state index contributed by atoms with van der Waals surface area (Å²) in [6.07, 6.45) is -0.889. The van der Waals surface area contributed by atoms with E-state index in [9.17, 15) is 4.79 Å². The number of carboxylic acids is 1. The minimum absolute atomic E-state index is 0.508. The first-order valence-corrected chi connectivity index (χ1v) is 8.75. The van der Waals surface area contributed by atoms with Crippen LogP contribution in [0.2, 0.25) is 5.02 Å². The topological polar surface area (TPSA) is 71.5 Å². The Morgan fingerprint density at radius 1 is 1.20 bits per heavy atom. The van der Waals surface area contributed by atoms with Crippen molar-refractivity contribution in [2.45, 2.75) is 13.0 Å². The largest absolute Gasteiger partial charge is 0.479 e. The second kappa shape index (κ2) is 7.55. The van der Waals surface area contributed by atoms with Gasteiger partial charge in [0, 0.05) is 21.7 Å². The summed E-state index contributed by atoms with van der Waals surface area (Å²) in [6, 6.07) is 14.6. The maximum absolute atomic E-state index is 10.8. The van der Waals surface area contributed by atoms with Gasteiger partial charge in [0.15, 0.2) is 11.2 Å². The second-order valence-corrected chi connectivity index (χ2v) is 6.59. The number of anilines is 2. The average Bonchev–Trinajstić information content (AvgIpc) is 3.06. The van der Waals surface area contributed by atoms with E-state index in [4.69, 9.17) is 21.4 Å². The van der Waals surface area contributed by atoms with Crippen molar-refractivity contribution in [2.24, 2.45) is 0 Å². The molecule has 0 aliphatic carbocycles. The molecule has 0 saturated carbocycles. The molecule has 1 aromatic heterocycles. The maximum Gasteiger partial charge on any atom is 0.344 e. The lowest BCUT2D eigenvalue weighted by molar-refractivity contribution is -0.144. The molecule has 128 valence electrons. The number of ether oxygens (including phenoxy) is 1. The zero-order valence-electron chi connectivity index (χ0n) is 13.3. The van der Waals surface area contributed by atoms with Gasteiger partial charge in [-0.25, -0.2) is 9.78 Å². The third-order valence-corrected chi connectivity index (χ3v) is 4.42.